The Balaban J connectivity index is 1.09. The first-order chi connectivity index (χ1) is 29.7. The van der Waals surface area contributed by atoms with Gasteiger partial charge in [-0.05, 0) is 81.6 Å². The van der Waals surface area contributed by atoms with Crippen molar-refractivity contribution in [2.24, 2.45) is 0 Å². The lowest BCUT2D eigenvalue weighted by Gasteiger charge is -2.17. The lowest BCUT2D eigenvalue weighted by atomic mass is 10.0. The van der Waals surface area contributed by atoms with Gasteiger partial charge in [-0.25, -0.2) is 15.0 Å². The number of thiophene rings is 1. The molecule has 3 heterocycles. The Bertz CT molecular complexity index is 3610. The Labute approximate surface area is 350 Å². The predicted octanol–water partition coefficient (Wildman–Crippen LogP) is 14.8. The Morgan fingerprint density at radius 2 is 0.900 bits per heavy atom. The molecule has 4 nitrogen and oxygen atoms in total. The van der Waals surface area contributed by atoms with Gasteiger partial charge in [0.2, 0.25) is 0 Å². The fourth-order valence-corrected chi connectivity index (χ4v) is 9.86. The molecule has 0 saturated carbocycles. The third kappa shape index (κ3) is 5.78. The quantitative estimate of drug-likeness (QED) is 0.169. The van der Waals surface area contributed by atoms with E-state index < -0.39 is 0 Å². The summed E-state index contributed by atoms with van der Waals surface area (Å²) in [5.74, 6) is 1.85. The normalized spacial score (nSPS) is 11.7. The van der Waals surface area contributed by atoms with Crippen molar-refractivity contribution in [2.45, 2.75) is 0 Å². The number of fused-ring (bicyclic) bond motifs is 7. The van der Waals surface area contributed by atoms with Gasteiger partial charge >= 0.3 is 0 Å². The van der Waals surface area contributed by atoms with Gasteiger partial charge in [0.05, 0.1) is 16.7 Å². The van der Waals surface area contributed by atoms with Crippen molar-refractivity contribution in [3.63, 3.8) is 0 Å². The van der Waals surface area contributed by atoms with E-state index in [2.05, 4.69) is 193 Å². The van der Waals surface area contributed by atoms with Gasteiger partial charge in [0.15, 0.2) is 17.5 Å². The van der Waals surface area contributed by atoms with Gasteiger partial charge in [-0.1, -0.05) is 158 Å². The zero-order valence-electron chi connectivity index (χ0n) is 32.3. The van der Waals surface area contributed by atoms with Crippen LogP contribution in [0.5, 0.6) is 0 Å². The molecule has 0 spiro atoms. The molecule has 0 aliphatic heterocycles. The van der Waals surface area contributed by atoms with Gasteiger partial charge in [0.25, 0.3) is 0 Å². The van der Waals surface area contributed by atoms with Gasteiger partial charge < -0.3 is 4.57 Å². The first kappa shape index (κ1) is 34.3. The van der Waals surface area contributed by atoms with Crippen molar-refractivity contribution in [3.8, 4) is 62.1 Å². The van der Waals surface area contributed by atoms with E-state index in [0.717, 1.165) is 55.7 Å². The van der Waals surface area contributed by atoms with E-state index in [-0.39, 0.29) is 0 Å². The topological polar surface area (TPSA) is 43.6 Å². The summed E-state index contributed by atoms with van der Waals surface area (Å²) in [6, 6.07) is 73.4. The Kier molecular flexibility index (Phi) is 8.00. The molecule has 5 heteroatoms. The largest absolute Gasteiger partial charge is 0.308 e. The molecule has 0 aliphatic carbocycles. The van der Waals surface area contributed by atoms with E-state index in [0.29, 0.717) is 17.5 Å². The summed E-state index contributed by atoms with van der Waals surface area (Å²) in [5, 5.41) is 7.39. The van der Waals surface area contributed by atoms with E-state index in [1.807, 2.05) is 29.5 Å². The number of aromatic nitrogens is 4. The summed E-state index contributed by atoms with van der Waals surface area (Å²) in [7, 11) is 0. The van der Waals surface area contributed by atoms with E-state index in [1.165, 1.54) is 41.7 Å². The van der Waals surface area contributed by atoms with Crippen LogP contribution in [-0.2, 0) is 0 Å². The minimum absolute atomic E-state index is 0.609. The first-order valence-electron chi connectivity index (χ1n) is 20.2. The van der Waals surface area contributed by atoms with Crippen molar-refractivity contribution in [1.82, 2.24) is 19.5 Å². The third-order valence-corrected chi connectivity index (χ3v) is 12.8. The fourth-order valence-electron chi connectivity index (χ4n) is 8.72. The van der Waals surface area contributed by atoms with Crippen molar-refractivity contribution >= 4 is 64.1 Å². The van der Waals surface area contributed by atoms with Crippen molar-refractivity contribution in [2.75, 3.05) is 0 Å². The number of nitrogens with zero attached hydrogens (tertiary/aromatic N) is 4. The van der Waals surface area contributed by atoms with Crippen LogP contribution >= 0.6 is 11.3 Å². The molecule has 0 amide bonds. The second kappa shape index (κ2) is 14.0. The Morgan fingerprint density at radius 1 is 0.317 bits per heavy atom. The standard InChI is InChI=1S/C55H34N4S/c1-3-14-35(15-4-1)40-27-29-46(49(33-40)59-48-24-11-9-22-43(48)47-31-38-18-7-8-19-39(38)32-50(47)59)55-57-53(36-16-5-2-6-17-36)56-54(58-55)42-21-13-20-37(30-42)41-26-28-45-44-23-10-12-25-51(44)60-52(45)34-41/h1-34H. The van der Waals surface area contributed by atoms with E-state index in [1.54, 1.807) is 0 Å². The van der Waals surface area contributed by atoms with E-state index in [4.69, 9.17) is 15.0 Å². The third-order valence-electron chi connectivity index (χ3n) is 11.6. The molecule has 0 saturated heterocycles. The molecule has 280 valence electrons. The van der Waals surface area contributed by atoms with Gasteiger partial charge in [-0.3, -0.25) is 0 Å². The summed E-state index contributed by atoms with van der Waals surface area (Å²) in [5.41, 5.74) is 10.5. The van der Waals surface area contributed by atoms with Crippen LogP contribution in [0, 0.1) is 0 Å². The van der Waals surface area contributed by atoms with E-state index >= 15 is 0 Å². The zero-order valence-corrected chi connectivity index (χ0v) is 33.1. The molecule has 0 fully saturated rings. The molecule has 3 aromatic heterocycles. The number of benzene rings is 9. The van der Waals surface area contributed by atoms with Crippen LogP contribution in [0.4, 0.5) is 0 Å². The van der Waals surface area contributed by atoms with Crippen LogP contribution in [-0.4, -0.2) is 19.5 Å². The summed E-state index contributed by atoms with van der Waals surface area (Å²) >= 11 is 1.84. The van der Waals surface area contributed by atoms with Crippen molar-refractivity contribution in [3.05, 3.63) is 206 Å². The van der Waals surface area contributed by atoms with Gasteiger partial charge in [0, 0.05) is 47.6 Å². The molecule has 0 unspecified atom stereocenters. The fraction of sp³-hybridized carbons (Fsp3) is 0. The van der Waals surface area contributed by atoms with Crippen LogP contribution in [0.2, 0.25) is 0 Å². The maximum absolute atomic E-state index is 5.36. The molecule has 0 aliphatic rings. The minimum Gasteiger partial charge on any atom is -0.308 e. The number of para-hydroxylation sites is 1. The smallest absolute Gasteiger partial charge is 0.166 e. The average Bonchev–Trinajstić information content (AvgIpc) is 3.86. The molecule has 0 bridgehead atoms. The highest BCUT2D eigenvalue weighted by Crippen LogP contribution is 2.41. The zero-order chi connectivity index (χ0) is 39.6. The molecule has 12 rings (SSSR count). The summed E-state index contributed by atoms with van der Waals surface area (Å²) in [6.45, 7) is 0. The summed E-state index contributed by atoms with van der Waals surface area (Å²) < 4.78 is 4.97. The highest BCUT2D eigenvalue weighted by molar-refractivity contribution is 7.25. The Morgan fingerprint density at radius 3 is 1.73 bits per heavy atom. The van der Waals surface area contributed by atoms with Crippen LogP contribution in [0.15, 0.2) is 206 Å². The highest BCUT2D eigenvalue weighted by atomic mass is 32.1. The van der Waals surface area contributed by atoms with Gasteiger partial charge in [-0.2, -0.15) is 0 Å². The van der Waals surface area contributed by atoms with Crippen LogP contribution in [0.3, 0.4) is 0 Å². The number of hydrogen-bond acceptors (Lipinski definition) is 4. The molecular formula is C55H34N4S. The number of hydrogen-bond donors (Lipinski definition) is 0. The minimum atomic E-state index is 0.609. The van der Waals surface area contributed by atoms with Crippen molar-refractivity contribution < 1.29 is 0 Å². The summed E-state index contributed by atoms with van der Waals surface area (Å²) in [6.07, 6.45) is 0. The molecule has 12 aromatic rings. The van der Waals surface area contributed by atoms with E-state index in [9.17, 15) is 0 Å². The molecule has 9 aromatic carbocycles. The maximum atomic E-state index is 5.36. The second-order valence-corrected chi connectivity index (χ2v) is 16.3. The molecular weight excluding hydrogens is 749 g/mol. The van der Waals surface area contributed by atoms with Crippen molar-refractivity contribution in [1.29, 1.82) is 0 Å². The maximum Gasteiger partial charge on any atom is 0.166 e. The lowest BCUT2D eigenvalue weighted by molar-refractivity contribution is 1.06. The highest BCUT2D eigenvalue weighted by Gasteiger charge is 2.21. The van der Waals surface area contributed by atoms with Crippen LogP contribution < -0.4 is 0 Å². The number of rotatable bonds is 6. The molecule has 0 N–H and O–H groups in total. The first-order valence-corrected chi connectivity index (χ1v) is 21.0. The second-order valence-electron chi connectivity index (χ2n) is 15.2. The molecule has 0 radical (unpaired) electrons. The monoisotopic (exact) mass is 782 g/mol. The average molecular weight is 783 g/mol. The van der Waals surface area contributed by atoms with Crippen LogP contribution in [0.1, 0.15) is 0 Å². The lowest BCUT2D eigenvalue weighted by Crippen LogP contribution is -2.04. The van der Waals surface area contributed by atoms with Gasteiger partial charge in [0.1, 0.15) is 0 Å². The van der Waals surface area contributed by atoms with Crippen LogP contribution in [0.25, 0.3) is 115 Å². The van der Waals surface area contributed by atoms with Gasteiger partial charge in [-0.15, -0.1) is 11.3 Å². The SMILES string of the molecule is c1ccc(-c2ccc(-c3nc(-c4ccccc4)nc(-c4cccc(-c5ccc6c(c5)sc5ccccc56)c4)n3)c(-n3c4ccccc4c4cc5ccccc5cc43)c2)cc1. The molecule has 60 heavy (non-hydrogen) atoms. The predicted molar refractivity (Wildman–Crippen MR) is 252 cm³/mol. The Hall–Kier alpha value is -7.73. The molecule has 0 atom stereocenters. The summed E-state index contributed by atoms with van der Waals surface area (Å²) in [4.78, 5) is 15.8.